The molecule has 0 aliphatic heterocycles. The number of ether oxygens (including phenoxy) is 1. The van der Waals surface area contributed by atoms with Gasteiger partial charge in [-0.2, -0.15) is 0 Å². The summed E-state index contributed by atoms with van der Waals surface area (Å²) in [5, 5.41) is 0.721. The summed E-state index contributed by atoms with van der Waals surface area (Å²) < 4.78 is 4.89. The maximum absolute atomic E-state index is 11.4. The van der Waals surface area contributed by atoms with Gasteiger partial charge in [-0.15, -0.1) is 11.3 Å². The van der Waals surface area contributed by atoms with E-state index in [9.17, 15) is 4.79 Å². The summed E-state index contributed by atoms with van der Waals surface area (Å²) in [4.78, 5) is 16.4. The van der Waals surface area contributed by atoms with Crippen molar-refractivity contribution in [3.05, 3.63) is 9.88 Å². The van der Waals surface area contributed by atoms with Gasteiger partial charge in [0.2, 0.25) is 0 Å². The van der Waals surface area contributed by atoms with E-state index in [0.717, 1.165) is 9.88 Å². The first-order valence-corrected chi connectivity index (χ1v) is 5.27. The molecule has 0 aliphatic rings. The van der Waals surface area contributed by atoms with Crippen LogP contribution in [0.4, 0.5) is 5.82 Å². The van der Waals surface area contributed by atoms with Crippen molar-refractivity contribution in [3.8, 4) is 0 Å². The van der Waals surface area contributed by atoms with Crippen molar-refractivity contribution < 1.29 is 9.53 Å². The third kappa shape index (κ3) is 2.23. The Kier molecular flexibility index (Phi) is 3.46. The SMILES string of the molecule is CCOC(=O)C(C)c1nc(N)c(C)s1. The monoisotopic (exact) mass is 214 g/mol. The second-order valence-electron chi connectivity index (χ2n) is 2.97. The number of rotatable bonds is 3. The van der Waals surface area contributed by atoms with Crippen molar-refractivity contribution in [1.29, 1.82) is 0 Å². The highest BCUT2D eigenvalue weighted by Crippen LogP contribution is 2.26. The van der Waals surface area contributed by atoms with E-state index in [1.54, 1.807) is 13.8 Å². The molecule has 0 aromatic carbocycles. The second-order valence-corrected chi connectivity index (χ2v) is 4.20. The highest BCUT2D eigenvalue weighted by atomic mass is 32.1. The first-order chi connectivity index (χ1) is 6.56. The van der Waals surface area contributed by atoms with E-state index in [0.29, 0.717) is 12.4 Å². The molecule has 1 heterocycles. The van der Waals surface area contributed by atoms with E-state index < -0.39 is 0 Å². The molecule has 2 N–H and O–H groups in total. The number of nitrogen functional groups attached to an aromatic ring is 1. The van der Waals surface area contributed by atoms with Gasteiger partial charge in [0.25, 0.3) is 0 Å². The highest BCUT2D eigenvalue weighted by molar-refractivity contribution is 7.12. The first kappa shape index (κ1) is 11.0. The lowest BCUT2D eigenvalue weighted by Crippen LogP contribution is -2.12. The zero-order chi connectivity index (χ0) is 10.7. The van der Waals surface area contributed by atoms with Crippen molar-refractivity contribution in [3.63, 3.8) is 0 Å². The molecule has 1 atom stereocenters. The van der Waals surface area contributed by atoms with Crippen molar-refractivity contribution >= 4 is 23.1 Å². The summed E-state index contributed by atoms with van der Waals surface area (Å²) in [7, 11) is 0. The average Bonchev–Trinajstić information content (AvgIpc) is 2.46. The number of carbonyl (C=O) groups is 1. The molecule has 0 aliphatic carbocycles. The number of esters is 1. The molecular weight excluding hydrogens is 200 g/mol. The molecule has 0 amide bonds. The zero-order valence-corrected chi connectivity index (χ0v) is 9.35. The van der Waals surface area contributed by atoms with Gasteiger partial charge < -0.3 is 10.5 Å². The van der Waals surface area contributed by atoms with Gasteiger partial charge in [-0.05, 0) is 20.8 Å². The van der Waals surface area contributed by atoms with Gasteiger partial charge in [0.15, 0.2) is 0 Å². The van der Waals surface area contributed by atoms with Crippen molar-refractivity contribution in [2.24, 2.45) is 0 Å². The Morgan fingerprint density at radius 1 is 1.71 bits per heavy atom. The van der Waals surface area contributed by atoms with Crippen LogP contribution in [0.5, 0.6) is 0 Å². The molecule has 1 unspecified atom stereocenters. The van der Waals surface area contributed by atoms with E-state index in [4.69, 9.17) is 10.5 Å². The highest BCUT2D eigenvalue weighted by Gasteiger charge is 2.20. The van der Waals surface area contributed by atoms with Crippen LogP contribution >= 0.6 is 11.3 Å². The molecular formula is C9H14N2O2S. The van der Waals surface area contributed by atoms with Crippen LogP contribution in [0.2, 0.25) is 0 Å². The largest absolute Gasteiger partial charge is 0.465 e. The second kappa shape index (κ2) is 4.41. The number of carbonyl (C=O) groups excluding carboxylic acids is 1. The van der Waals surface area contributed by atoms with Gasteiger partial charge in [0.05, 0.1) is 6.61 Å². The number of thiazole rings is 1. The molecule has 5 heteroatoms. The standard InChI is InChI=1S/C9H14N2O2S/c1-4-13-9(12)5(2)8-11-7(10)6(3)14-8/h5H,4,10H2,1-3H3. The summed E-state index contributed by atoms with van der Waals surface area (Å²) in [5.74, 6) is -0.0710. The van der Waals surface area contributed by atoms with Crippen molar-refractivity contribution in [1.82, 2.24) is 4.98 Å². The number of aryl methyl sites for hydroxylation is 1. The number of hydrogen-bond acceptors (Lipinski definition) is 5. The minimum Gasteiger partial charge on any atom is -0.465 e. The molecule has 1 aromatic rings. The topological polar surface area (TPSA) is 65.2 Å². The summed E-state index contributed by atoms with van der Waals surface area (Å²) in [5.41, 5.74) is 5.60. The molecule has 0 fully saturated rings. The minimum atomic E-state index is -0.323. The number of anilines is 1. The van der Waals surface area contributed by atoms with Crippen LogP contribution in [-0.2, 0) is 9.53 Å². The quantitative estimate of drug-likeness (QED) is 0.778. The lowest BCUT2D eigenvalue weighted by Gasteiger charge is -2.06. The van der Waals surface area contributed by atoms with E-state index >= 15 is 0 Å². The Bertz CT molecular complexity index is 316. The Morgan fingerprint density at radius 2 is 2.36 bits per heavy atom. The van der Waals surface area contributed by atoms with E-state index in [-0.39, 0.29) is 11.9 Å². The molecule has 0 bridgehead atoms. The Balaban J connectivity index is 2.78. The summed E-state index contributed by atoms with van der Waals surface area (Å²) in [6.07, 6.45) is 0. The Labute approximate surface area is 87.1 Å². The fourth-order valence-electron chi connectivity index (χ4n) is 0.983. The maximum atomic E-state index is 11.4. The lowest BCUT2D eigenvalue weighted by molar-refractivity contribution is -0.144. The summed E-state index contributed by atoms with van der Waals surface area (Å²) in [6, 6.07) is 0. The number of nitrogens with zero attached hydrogens (tertiary/aromatic N) is 1. The predicted molar refractivity (Wildman–Crippen MR) is 56.3 cm³/mol. The van der Waals surface area contributed by atoms with Gasteiger partial charge in [0, 0.05) is 4.88 Å². The van der Waals surface area contributed by atoms with Gasteiger partial charge in [-0.25, -0.2) is 4.98 Å². The van der Waals surface area contributed by atoms with Crippen LogP contribution < -0.4 is 5.73 Å². The van der Waals surface area contributed by atoms with Crippen molar-refractivity contribution in [2.75, 3.05) is 12.3 Å². The molecule has 4 nitrogen and oxygen atoms in total. The van der Waals surface area contributed by atoms with E-state index in [1.807, 2.05) is 6.92 Å². The number of aromatic nitrogens is 1. The average molecular weight is 214 g/mol. The number of hydrogen-bond donors (Lipinski definition) is 1. The van der Waals surface area contributed by atoms with Crippen LogP contribution in [0.1, 0.15) is 29.7 Å². The van der Waals surface area contributed by atoms with Gasteiger partial charge in [0.1, 0.15) is 16.7 Å². The molecule has 1 aromatic heterocycles. The normalized spacial score (nSPS) is 12.5. The Morgan fingerprint density at radius 3 is 2.79 bits per heavy atom. The molecule has 0 radical (unpaired) electrons. The molecule has 0 saturated heterocycles. The zero-order valence-electron chi connectivity index (χ0n) is 8.53. The van der Waals surface area contributed by atoms with Crippen LogP contribution in [0.15, 0.2) is 0 Å². The number of nitrogens with two attached hydrogens (primary N) is 1. The Hall–Kier alpha value is -1.10. The lowest BCUT2D eigenvalue weighted by atomic mass is 10.2. The first-order valence-electron chi connectivity index (χ1n) is 4.45. The van der Waals surface area contributed by atoms with E-state index in [1.165, 1.54) is 11.3 Å². The van der Waals surface area contributed by atoms with E-state index in [2.05, 4.69) is 4.98 Å². The van der Waals surface area contributed by atoms with Crippen molar-refractivity contribution in [2.45, 2.75) is 26.7 Å². The third-order valence-corrected chi connectivity index (χ3v) is 3.03. The van der Waals surface area contributed by atoms with Crippen LogP contribution in [0.3, 0.4) is 0 Å². The molecule has 0 spiro atoms. The maximum Gasteiger partial charge on any atom is 0.315 e. The van der Waals surface area contributed by atoms with Gasteiger partial charge >= 0.3 is 5.97 Å². The fourth-order valence-corrected chi connectivity index (χ4v) is 1.86. The predicted octanol–water partition coefficient (Wildman–Crippen LogP) is 1.70. The molecule has 14 heavy (non-hydrogen) atoms. The van der Waals surface area contributed by atoms with Crippen LogP contribution in [0.25, 0.3) is 0 Å². The fraction of sp³-hybridized carbons (Fsp3) is 0.556. The summed E-state index contributed by atoms with van der Waals surface area (Å²) >= 11 is 1.44. The van der Waals surface area contributed by atoms with Gasteiger partial charge in [-0.1, -0.05) is 0 Å². The van der Waals surface area contributed by atoms with Crippen LogP contribution in [-0.4, -0.2) is 17.6 Å². The van der Waals surface area contributed by atoms with Gasteiger partial charge in [-0.3, -0.25) is 4.79 Å². The summed E-state index contributed by atoms with van der Waals surface area (Å²) in [6.45, 7) is 5.83. The molecule has 0 saturated carbocycles. The smallest absolute Gasteiger partial charge is 0.315 e. The third-order valence-electron chi connectivity index (χ3n) is 1.86. The molecule has 1 rings (SSSR count). The molecule has 78 valence electrons. The van der Waals surface area contributed by atoms with Crippen LogP contribution in [0, 0.1) is 6.92 Å². The minimum absolute atomic E-state index is 0.249.